The van der Waals surface area contributed by atoms with Gasteiger partial charge < -0.3 is 28.4 Å². The Morgan fingerprint density at radius 2 is 0.895 bits per heavy atom. The molecule has 0 radical (unpaired) electrons. The third kappa shape index (κ3) is 11.4. The number of halogens is 2. The fraction of sp³-hybridized carbons (Fsp3) is 0.786. The largest absolute Gasteiger partial charge is 0.491 e. The van der Waals surface area contributed by atoms with Crippen molar-refractivity contribution >= 4 is 39.8 Å². The Morgan fingerprint density at radius 1 is 0.553 bits per heavy atom. The molecule has 1 aromatic rings. The van der Waals surface area contributed by atoms with E-state index in [4.69, 9.17) is 49.8 Å². The zero-order valence-corrected chi connectivity index (χ0v) is 26.5. The van der Waals surface area contributed by atoms with E-state index >= 15 is 0 Å². The van der Waals surface area contributed by atoms with Crippen LogP contribution in [-0.4, -0.2) is 89.1 Å². The molecule has 3 rings (SSSR count). The lowest BCUT2D eigenvalue weighted by molar-refractivity contribution is 0.0399. The molecule has 222 valence electrons. The van der Waals surface area contributed by atoms with Crippen molar-refractivity contribution in [2.75, 3.05) is 89.1 Å². The van der Waals surface area contributed by atoms with Crippen LogP contribution in [0.3, 0.4) is 0 Å². The second-order valence-electron chi connectivity index (χ2n) is 9.78. The second-order valence-corrected chi connectivity index (χ2v) is 19.7. The van der Waals surface area contributed by atoms with Crippen LogP contribution < -0.4 is 9.47 Å². The van der Waals surface area contributed by atoms with Crippen LogP contribution in [0.4, 0.5) is 0 Å². The average molecular weight is 616 g/mol. The van der Waals surface area contributed by atoms with Gasteiger partial charge in [-0.1, -0.05) is 21.4 Å². The molecular formula is C28H48Cl2O6S2. The SMILES string of the molecule is CCOCCOCCOc1cc(CS2(Cl)CCCC2)c(OCCOCCOCC)cc1CS1(Cl)CCCC1. The predicted octanol–water partition coefficient (Wildman–Crippen LogP) is 7.05. The molecule has 0 unspecified atom stereocenters. The molecule has 2 heterocycles. The van der Waals surface area contributed by atoms with Gasteiger partial charge in [-0.05, 0) is 74.7 Å². The molecule has 0 saturated carbocycles. The summed E-state index contributed by atoms with van der Waals surface area (Å²) in [5, 5.41) is 0. The Bertz CT molecular complexity index is 738. The van der Waals surface area contributed by atoms with Crippen LogP contribution >= 0.6 is 39.8 Å². The van der Waals surface area contributed by atoms with Crippen LogP contribution in [0.15, 0.2) is 12.1 Å². The van der Waals surface area contributed by atoms with E-state index in [0.29, 0.717) is 66.1 Å². The summed E-state index contributed by atoms with van der Waals surface area (Å²) in [4.78, 5) is 0. The maximum absolute atomic E-state index is 7.15. The molecule has 2 aliphatic heterocycles. The highest BCUT2D eigenvalue weighted by Gasteiger charge is 2.31. The summed E-state index contributed by atoms with van der Waals surface area (Å²) < 4.78 is 34.8. The van der Waals surface area contributed by atoms with E-state index < -0.39 is 18.5 Å². The minimum Gasteiger partial charge on any atom is -0.491 e. The van der Waals surface area contributed by atoms with E-state index in [1.807, 2.05) is 13.8 Å². The molecule has 1 aromatic carbocycles. The molecule has 2 saturated heterocycles. The first kappa shape index (κ1) is 32.5. The molecule has 2 fully saturated rings. The maximum Gasteiger partial charge on any atom is 0.124 e. The molecule has 2 aliphatic rings. The summed E-state index contributed by atoms with van der Waals surface area (Å²) >= 11 is 0. The highest BCUT2D eigenvalue weighted by Crippen LogP contribution is 2.63. The fourth-order valence-electron chi connectivity index (χ4n) is 4.78. The van der Waals surface area contributed by atoms with E-state index in [-0.39, 0.29) is 0 Å². The molecule has 0 atom stereocenters. The van der Waals surface area contributed by atoms with Gasteiger partial charge in [-0.15, -0.1) is 0 Å². The van der Waals surface area contributed by atoms with Crippen molar-refractivity contribution in [3.8, 4) is 11.5 Å². The lowest BCUT2D eigenvalue weighted by atomic mass is 10.1. The Balaban J connectivity index is 1.73. The van der Waals surface area contributed by atoms with E-state index in [0.717, 1.165) is 57.1 Å². The minimum absolute atomic E-state index is 0.482. The summed E-state index contributed by atoms with van der Waals surface area (Å²) in [5.74, 6) is 7.90. The van der Waals surface area contributed by atoms with Crippen LogP contribution in [-0.2, 0) is 30.5 Å². The van der Waals surface area contributed by atoms with Crippen LogP contribution in [0, 0.1) is 0 Å². The highest BCUT2D eigenvalue weighted by molar-refractivity contribution is 8.51. The summed E-state index contributed by atoms with van der Waals surface area (Å²) in [7, 11) is 11.9. The molecule has 0 N–H and O–H groups in total. The normalized spacial score (nSPS) is 19.9. The van der Waals surface area contributed by atoms with Gasteiger partial charge in [0.1, 0.15) is 24.7 Å². The van der Waals surface area contributed by atoms with Gasteiger partial charge in [0.25, 0.3) is 0 Å². The van der Waals surface area contributed by atoms with Gasteiger partial charge in [-0.3, -0.25) is 0 Å². The molecule has 6 nitrogen and oxygen atoms in total. The molecule has 38 heavy (non-hydrogen) atoms. The number of benzene rings is 1. The fourth-order valence-corrected chi connectivity index (χ4v) is 12.2. The number of hydrogen-bond donors (Lipinski definition) is 0. The molecule has 0 aromatic heterocycles. The van der Waals surface area contributed by atoms with Gasteiger partial charge in [-0.2, -0.15) is 18.5 Å². The van der Waals surface area contributed by atoms with Crippen LogP contribution in [0.1, 0.15) is 50.7 Å². The summed E-state index contributed by atoms with van der Waals surface area (Å²) in [5.41, 5.74) is 2.26. The number of ether oxygens (including phenoxy) is 6. The number of hydrogen-bond acceptors (Lipinski definition) is 6. The molecule has 0 spiro atoms. The summed E-state index contributed by atoms with van der Waals surface area (Å²) in [6.07, 6.45) is 4.84. The van der Waals surface area contributed by atoms with Gasteiger partial charge in [0.2, 0.25) is 0 Å². The second kappa shape index (κ2) is 17.7. The zero-order chi connectivity index (χ0) is 27.1. The zero-order valence-electron chi connectivity index (χ0n) is 23.3. The minimum atomic E-state index is -1.20. The Labute approximate surface area is 242 Å². The van der Waals surface area contributed by atoms with Crippen molar-refractivity contribution in [1.29, 1.82) is 0 Å². The smallest absolute Gasteiger partial charge is 0.124 e. The lowest BCUT2D eigenvalue weighted by Crippen LogP contribution is -2.14. The standard InChI is InChI=1S/C28H48Cl2O6S2/c1-3-31-9-11-33-13-15-35-27-21-26(24-38(30)19-7-8-20-38)28(36-16-14-34-12-10-32-4-2)22-25(27)23-37(29)17-5-6-18-37/h21-22H,3-20,23-24H2,1-2H3. The molecule has 0 aliphatic carbocycles. The van der Waals surface area contributed by atoms with E-state index in [1.54, 1.807) is 0 Å². The number of rotatable bonds is 20. The van der Waals surface area contributed by atoms with Crippen LogP contribution in [0.5, 0.6) is 11.5 Å². The van der Waals surface area contributed by atoms with E-state index in [2.05, 4.69) is 12.1 Å². The highest BCUT2D eigenvalue weighted by atomic mass is 35.7. The molecule has 0 bridgehead atoms. The average Bonchev–Trinajstić information content (AvgIpc) is 3.53. The first-order valence-electron chi connectivity index (χ1n) is 14.1. The van der Waals surface area contributed by atoms with Gasteiger partial charge >= 0.3 is 0 Å². The predicted molar refractivity (Wildman–Crippen MR) is 164 cm³/mol. The van der Waals surface area contributed by atoms with Gasteiger partial charge in [0.05, 0.1) is 39.6 Å². The van der Waals surface area contributed by atoms with Crippen molar-refractivity contribution < 1.29 is 28.4 Å². The molecule has 10 heteroatoms. The maximum atomic E-state index is 7.15. The Hall–Kier alpha value is -0.0600. The summed E-state index contributed by atoms with van der Waals surface area (Å²) in [6, 6.07) is 4.34. The first-order valence-corrected chi connectivity index (χ1v) is 20.0. The van der Waals surface area contributed by atoms with Crippen LogP contribution in [0.25, 0.3) is 0 Å². The van der Waals surface area contributed by atoms with Crippen LogP contribution in [0.2, 0.25) is 0 Å². The first-order chi connectivity index (χ1) is 18.5. The monoisotopic (exact) mass is 614 g/mol. The van der Waals surface area contributed by atoms with Crippen molar-refractivity contribution in [3.05, 3.63) is 23.3 Å². The topological polar surface area (TPSA) is 55.4 Å². The lowest BCUT2D eigenvalue weighted by Gasteiger charge is -2.31. The quantitative estimate of drug-likeness (QED) is 0.147. The van der Waals surface area contributed by atoms with Crippen molar-refractivity contribution in [2.45, 2.75) is 51.0 Å². The molecule has 0 amide bonds. The Kier molecular flexibility index (Phi) is 15.1. The van der Waals surface area contributed by atoms with Crippen molar-refractivity contribution in [3.63, 3.8) is 0 Å². The van der Waals surface area contributed by atoms with E-state index in [1.165, 1.54) is 25.7 Å². The third-order valence-corrected chi connectivity index (χ3v) is 15.0. The van der Waals surface area contributed by atoms with Crippen molar-refractivity contribution in [2.24, 2.45) is 0 Å². The van der Waals surface area contributed by atoms with Gasteiger partial charge in [0, 0.05) is 35.8 Å². The molecular weight excluding hydrogens is 567 g/mol. The van der Waals surface area contributed by atoms with Gasteiger partial charge in [0.15, 0.2) is 0 Å². The van der Waals surface area contributed by atoms with Gasteiger partial charge in [-0.25, -0.2) is 0 Å². The van der Waals surface area contributed by atoms with E-state index in [9.17, 15) is 0 Å². The Morgan fingerprint density at radius 3 is 1.26 bits per heavy atom. The summed E-state index contributed by atoms with van der Waals surface area (Å²) in [6.45, 7) is 9.72. The van der Waals surface area contributed by atoms with Crippen molar-refractivity contribution in [1.82, 2.24) is 0 Å². The third-order valence-electron chi connectivity index (χ3n) is 6.74.